The van der Waals surface area contributed by atoms with Crippen LogP contribution in [0.15, 0.2) is 0 Å². The molecule has 0 bridgehead atoms. The van der Waals surface area contributed by atoms with E-state index in [1.807, 2.05) is 0 Å². The van der Waals surface area contributed by atoms with Crippen LogP contribution in [0.2, 0.25) is 0 Å². The summed E-state index contributed by atoms with van der Waals surface area (Å²) in [6.07, 6.45) is 7.97. The lowest BCUT2D eigenvalue weighted by Crippen LogP contribution is -2.36. The van der Waals surface area contributed by atoms with Crippen LogP contribution in [-0.2, 0) is 4.79 Å². The molecule has 0 aromatic carbocycles. The average molecular weight is 213 g/mol. The Morgan fingerprint density at radius 1 is 1.13 bits per heavy atom. The van der Waals surface area contributed by atoms with Crippen molar-refractivity contribution in [2.24, 2.45) is 0 Å². The fourth-order valence-corrected chi connectivity index (χ4v) is 2.07. The van der Waals surface area contributed by atoms with E-state index in [1.54, 1.807) is 0 Å². The fraction of sp³-hybridized carbons (Fsp3) is 0.923. The molecule has 0 aliphatic carbocycles. The zero-order valence-corrected chi connectivity index (χ0v) is 10.7. The first kappa shape index (κ1) is 14.6. The van der Waals surface area contributed by atoms with Gasteiger partial charge in [-0.3, -0.25) is 4.90 Å². The first-order chi connectivity index (χ1) is 7.29. The first-order valence-electron chi connectivity index (χ1n) is 6.47. The molecular formula is C13H27NO. The summed E-state index contributed by atoms with van der Waals surface area (Å²) in [6, 6.07) is 0.685. The van der Waals surface area contributed by atoms with Gasteiger partial charge in [0.15, 0.2) is 0 Å². The molecule has 1 atom stereocenters. The van der Waals surface area contributed by atoms with E-state index in [9.17, 15) is 4.79 Å². The average Bonchev–Trinajstić information content (AvgIpc) is 2.26. The molecule has 0 rings (SSSR count). The molecule has 0 aromatic rings. The van der Waals surface area contributed by atoms with Gasteiger partial charge in [0.05, 0.1) is 0 Å². The van der Waals surface area contributed by atoms with E-state index in [1.165, 1.54) is 32.1 Å². The van der Waals surface area contributed by atoms with E-state index in [0.717, 1.165) is 19.4 Å². The van der Waals surface area contributed by atoms with Crippen molar-refractivity contribution in [2.45, 2.75) is 65.3 Å². The number of hydrogen-bond acceptors (Lipinski definition) is 2. The van der Waals surface area contributed by atoms with Gasteiger partial charge in [-0.05, 0) is 25.8 Å². The van der Waals surface area contributed by atoms with E-state index in [0.29, 0.717) is 12.5 Å². The maximum Gasteiger partial charge on any atom is 0.121 e. The van der Waals surface area contributed by atoms with Crippen LogP contribution in [0.5, 0.6) is 0 Å². The zero-order valence-electron chi connectivity index (χ0n) is 10.7. The number of aldehydes is 1. The highest BCUT2D eigenvalue weighted by atomic mass is 16.1. The summed E-state index contributed by atoms with van der Waals surface area (Å²) < 4.78 is 0. The molecule has 0 N–H and O–H groups in total. The molecule has 0 saturated heterocycles. The SMILES string of the molecule is CCCCC(CC)N(CCC)CCC=O. The summed E-state index contributed by atoms with van der Waals surface area (Å²) in [5.41, 5.74) is 0. The molecular weight excluding hydrogens is 186 g/mol. The second-order valence-corrected chi connectivity index (χ2v) is 4.20. The normalized spacial score (nSPS) is 13.1. The number of unbranched alkanes of at least 4 members (excludes halogenated alkanes) is 1. The highest BCUT2D eigenvalue weighted by Crippen LogP contribution is 2.13. The van der Waals surface area contributed by atoms with Gasteiger partial charge < -0.3 is 4.79 Å². The molecule has 2 nitrogen and oxygen atoms in total. The minimum absolute atomic E-state index is 0.683. The maximum atomic E-state index is 10.4. The molecule has 0 spiro atoms. The largest absolute Gasteiger partial charge is 0.303 e. The standard InChI is InChI=1S/C13H27NO/c1-4-7-9-13(6-3)14(10-5-2)11-8-12-15/h12-13H,4-11H2,1-3H3. The van der Waals surface area contributed by atoms with Crippen LogP contribution in [0.4, 0.5) is 0 Å². The predicted molar refractivity (Wildman–Crippen MR) is 66.1 cm³/mol. The number of carbonyl (C=O) groups is 1. The second kappa shape index (κ2) is 10.2. The van der Waals surface area contributed by atoms with Crippen LogP contribution in [0.25, 0.3) is 0 Å². The number of nitrogens with zero attached hydrogens (tertiary/aromatic N) is 1. The molecule has 0 radical (unpaired) electrons. The summed E-state index contributed by atoms with van der Waals surface area (Å²) in [5, 5.41) is 0. The number of hydrogen-bond donors (Lipinski definition) is 0. The Bertz CT molecular complexity index is 147. The maximum absolute atomic E-state index is 10.4. The van der Waals surface area contributed by atoms with Crippen molar-refractivity contribution in [3.8, 4) is 0 Å². The third-order valence-corrected chi connectivity index (χ3v) is 2.92. The summed E-state index contributed by atoms with van der Waals surface area (Å²) in [5.74, 6) is 0. The van der Waals surface area contributed by atoms with Gasteiger partial charge in [0.1, 0.15) is 6.29 Å². The van der Waals surface area contributed by atoms with Crippen molar-refractivity contribution < 1.29 is 4.79 Å². The number of rotatable bonds is 10. The van der Waals surface area contributed by atoms with Crippen molar-refractivity contribution in [3.05, 3.63) is 0 Å². The van der Waals surface area contributed by atoms with Crippen LogP contribution < -0.4 is 0 Å². The highest BCUT2D eigenvalue weighted by Gasteiger charge is 2.14. The van der Waals surface area contributed by atoms with Gasteiger partial charge in [0, 0.05) is 19.0 Å². The van der Waals surface area contributed by atoms with E-state index in [4.69, 9.17) is 0 Å². The van der Waals surface area contributed by atoms with Gasteiger partial charge in [0.25, 0.3) is 0 Å². The Kier molecular flexibility index (Phi) is 9.91. The smallest absolute Gasteiger partial charge is 0.121 e. The predicted octanol–water partition coefficient (Wildman–Crippen LogP) is 3.26. The summed E-state index contributed by atoms with van der Waals surface area (Å²) in [6.45, 7) is 8.78. The van der Waals surface area contributed by atoms with Gasteiger partial charge in [0.2, 0.25) is 0 Å². The molecule has 0 aliphatic rings. The molecule has 2 heteroatoms. The van der Waals surface area contributed by atoms with Gasteiger partial charge in [-0.1, -0.05) is 33.6 Å². The topological polar surface area (TPSA) is 20.3 Å². The van der Waals surface area contributed by atoms with Gasteiger partial charge >= 0.3 is 0 Å². The van der Waals surface area contributed by atoms with Gasteiger partial charge in [-0.2, -0.15) is 0 Å². The lowest BCUT2D eigenvalue weighted by Gasteiger charge is -2.30. The van der Waals surface area contributed by atoms with E-state index < -0.39 is 0 Å². The molecule has 0 heterocycles. The quantitative estimate of drug-likeness (QED) is 0.519. The molecule has 0 aliphatic heterocycles. The fourth-order valence-electron chi connectivity index (χ4n) is 2.07. The minimum Gasteiger partial charge on any atom is -0.303 e. The first-order valence-corrected chi connectivity index (χ1v) is 6.47. The van der Waals surface area contributed by atoms with Crippen LogP contribution in [0.1, 0.15) is 59.3 Å². The van der Waals surface area contributed by atoms with Gasteiger partial charge in [-0.15, -0.1) is 0 Å². The Labute approximate surface area is 95.0 Å². The Morgan fingerprint density at radius 3 is 2.33 bits per heavy atom. The molecule has 0 fully saturated rings. The van der Waals surface area contributed by atoms with Crippen LogP contribution in [0.3, 0.4) is 0 Å². The van der Waals surface area contributed by atoms with Crippen LogP contribution >= 0.6 is 0 Å². The Morgan fingerprint density at radius 2 is 1.87 bits per heavy atom. The monoisotopic (exact) mass is 213 g/mol. The van der Waals surface area contributed by atoms with E-state index in [-0.39, 0.29) is 0 Å². The van der Waals surface area contributed by atoms with Crippen molar-refractivity contribution in [3.63, 3.8) is 0 Å². The summed E-state index contributed by atoms with van der Waals surface area (Å²) >= 11 is 0. The van der Waals surface area contributed by atoms with E-state index >= 15 is 0 Å². The lowest BCUT2D eigenvalue weighted by molar-refractivity contribution is -0.108. The third kappa shape index (κ3) is 6.67. The van der Waals surface area contributed by atoms with Crippen molar-refractivity contribution >= 4 is 6.29 Å². The summed E-state index contributed by atoms with van der Waals surface area (Å²) in [4.78, 5) is 12.9. The molecule has 0 saturated carbocycles. The van der Waals surface area contributed by atoms with E-state index in [2.05, 4.69) is 25.7 Å². The Hall–Kier alpha value is -0.370. The molecule has 15 heavy (non-hydrogen) atoms. The number of carbonyl (C=O) groups excluding carboxylic acids is 1. The van der Waals surface area contributed by atoms with Crippen molar-refractivity contribution in [1.29, 1.82) is 0 Å². The zero-order chi connectivity index (χ0) is 11.5. The lowest BCUT2D eigenvalue weighted by atomic mass is 10.1. The van der Waals surface area contributed by atoms with Gasteiger partial charge in [-0.25, -0.2) is 0 Å². The highest BCUT2D eigenvalue weighted by molar-refractivity contribution is 5.49. The molecule has 1 unspecified atom stereocenters. The second-order valence-electron chi connectivity index (χ2n) is 4.20. The van der Waals surface area contributed by atoms with Crippen molar-refractivity contribution in [1.82, 2.24) is 4.90 Å². The minimum atomic E-state index is 0.683. The van der Waals surface area contributed by atoms with Crippen molar-refractivity contribution in [2.75, 3.05) is 13.1 Å². The molecule has 0 aromatic heterocycles. The molecule has 0 amide bonds. The third-order valence-electron chi connectivity index (χ3n) is 2.92. The Balaban J connectivity index is 4.05. The summed E-state index contributed by atoms with van der Waals surface area (Å²) in [7, 11) is 0. The van der Waals surface area contributed by atoms with Crippen LogP contribution in [0, 0.1) is 0 Å². The molecule has 90 valence electrons. The van der Waals surface area contributed by atoms with Crippen LogP contribution in [-0.4, -0.2) is 30.3 Å².